The van der Waals surface area contributed by atoms with E-state index in [9.17, 15) is 4.79 Å². The van der Waals surface area contributed by atoms with Crippen LogP contribution in [0.5, 0.6) is 0 Å². The molecule has 0 unspecified atom stereocenters. The number of ether oxygens (including phenoxy) is 1. The Bertz CT molecular complexity index is 1020. The highest BCUT2D eigenvalue weighted by molar-refractivity contribution is 7.15. The summed E-state index contributed by atoms with van der Waals surface area (Å²) < 4.78 is 5.29. The van der Waals surface area contributed by atoms with Crippen LogP contribution >= 0.6 is 11.3 Å². The van der Waals surface area contributed by atoms with Crippen molar-refractivity contribution in [3.05, 3.63) is 41.7 Å². The van der Waals surface area contributed by atoms with Crippen molar-refractivity contribution in [1.29, 1.82) is 0 Å². The topological polar surface area (TPSA) is 67.4 Å². The van der Waals surface area contributed by atoms with Gasteiger partial charge in [0.2, 0.25) is 5.91 Å². The fourth-order valence-electron chi connectivity index (χ4n) is 3.15. The van der Waals surface area contributed by atoms with Crippen LogP contribution in [0.1, 0.15) is 5.01 Å². The lowest BCUT2D eigenvalue weighted by atomic mass is 9.60. The van der Waals surface area contributed by atoms with Gasteiger partial charge in [-0.25, -0.2) is 9.97 Å². The first kappa shape index (κ1) is 19.1. The molecule has 1 saturated heterocycles. The molecule has 0 spiro atoms. The van der Waals surface area contributed by atoms with Crippen molar-refractivity contribution < 1.29 is 9.53 Å². The van der Waals surface area contributed by atoms with Crippen LogP contribution in [0.2, 0.25) is 0 Å². The molecule has 1 aliphatic heterocycles. The van der Waals surface area contributed by atoms with Crippen molar-refractivity contribution >= 4 is 49.5 Å². The largest absolute Gasteiger partial charge is 0.379 e. The molecule has 28 heavy (non-hydrogen) atoms. The number of rotatable bonds is 4. The molecule has 3 aromatic rings. The third-order valence-corrected chi connectivity index (χ3v) is 5.73. The number of carbonyl (C=O) groups is 1. The summed E-state index contributed by atoms with van der Waals surface area (Å²) in [6.45, 7) is 3.98. The summed E-state index contributed by atoms with van der Waals surface area (Å²) in [5, 5.41) is 4.07. The van der Waals surface area contributed by atoms with Crippen LogP contribution in [-0.2, 0) is 9.53 Å². The summed E-state index contributed by atoms with van der Waals surface area (Å²) in [7, 11) is 12.2. The Morgan fingerprint density at radius 3 is 2.68 bits per heavy atom. The Balaban J connectivity index is 1.57. The summed E-state index contributed by atoms with van der Waals surface area (Å²) in [5.41, 5.74) is 1.07. The van der Waals surface area contributed by atoms with Crippen LogP contribution < -0.4 is 5.32 Å². The van der Waals surface area contributed by atoms with Gasteiger partial charge in [-0.3, -0.25) is 4.79 Å². The van der Waals surface area contributed by atoms with Gasteiger partial charge in [-0.2, -0.15) is 0 Å². The number of benzene rings is 1. The minimum atomic E-state index is -1.62. The van der Waals surface area contributed by atoms with Crippen molar-refractivity contribution in [2.45, 2.75) is 12.3 Å². The average molecular weight is 388 g/mol. The zero-order valence-corrected chi connectivity index (χ0v) is 16.3. The lowest BCUT2D eigenvalue weighted by Gasteiger charge is -2.40. The second-order valence-electron chi connectivity index (χ2n) is 6.75. The van der Waals surface area contributed by atoms with Gasteiger partial charge < -0.3 is 15.0 Å². The molecular weight excluding hydrogens is 370 g/mol. The van der Waals surface area contributed by atoms with Crippen molar-refractivity contribution in [2.24, 2.45) is 0 Å². The third-order valence-electron chi connectivity index (χ3n) is 4.77. The number of nitrogens with zero attached hydrogens (tertiary/aromatic N) is 3. The number of anilines is 1. The van der Waals surface area contributed by atoms with Crippen molar-refractivity contribution in [2.75, 3.05) is 31.6 Å². The maximum absolute atomic E-state index is 12.7. The highest BCUT2D eigenvalue weighted by Crippen LogP contribution is 2.29. The molecule has 1 aromatic carbocycles. The molecule has 4 rings (SSSR count). The van der Waals surface area contributed by atoms with Crippen molar-refractivity contribution in [3.8, 4) is 10.4 Å². The second-order valence-corrected chi connectivity index (χ2v) is 7.99. The van der Waals surface area contributed by atoms with Crippen LogP contribution in [0.15, 0.2) is 36.7 Å². The lowest BCUT2D eigenvalue weighted by molar-refractivity contribution is -0.121. The lowest BCUT2D eigenvalue weighted by Crippen LogP contribution is -2.61. The van der Waals surface area contributed by atoms with E-state index in [1.807, 2.05) is 31.3 Å². The van der Waals surface area contributed by atoms with Crippen molar-refractivity contribution in [1.82, 2.24) is 14.9 Å². The van der Waals surface area contributed by atoms with E-state index in [0.717, 1.165) is 26.2 Å². The first-order chi connectivity index (χ1) is 13.4. The van der Waals surface area contributed by atoms with Crippen LogP contribution in [0.25, 0.3) is 21.2 Å². The van der Waals surface area contributed by atoms with Gasteiger partial charge in [0.25, 0.3) is 0 Å². The molecule has 3 heterocycles. The summed E-state index contributed by atoms with van der Waals surface area (Å²) in [4.78, 5) is 24.1. The van der Waals surface area contributed by atoms with E-state index in [1.54, 1.807) is 22.4 Å². The normalized spacial score (nSPS) is 15.6. The number of thiazole rings is 1. The molecule has 0 aliphatic carbocycles. The van der Waals surface area contributed by atoms with Crippen LogP contribution in [-0.4, -0.2) is 68.1 Å². The molecule has 2 aromatic heterocycles. The van der Waals surface area contributed by atoms with E-state index < -0.39 is 11.2 Å². The number of amides is 1. The third kappa shape index (κ3) is 3.83. The molecule has 1 amide bonds. The van der Waals surface area contributed by atoms with Gasteiger partial charge in [0.05, 0.1) is 38.8 Å². The van der Waals surface area contributed by atoms with Gasteiger partial charge in [-0.1, -0.05) is 12.1 Å². The van der Waals surface area contributed by atoms with Gasteiger partial charge in [-0.15, -0.1) is 11.3 Å². The first-order valence-corrected chi connectivity index (χ1v) is 9.80. The van der Waals surface area contributed by atoms with Crippen molar-refractivity contribution in [3.63, 3.8) is 0 Å². The number of aryl methyl sites for hydroxylation is 1. The summed E-state index contributed by atoms with van der Waals surface area (Å²) >= 11 is 1.64. The molecule has 0 bridgehead atoms. The molecule has 1 fully saturated rings. The summed E-state index contributed by atoms with van der Waals surface area (Å²) in [6, 6.07) is 7.92. The Labute approximate surface area is 170 Å². The van der Waals surface area contributed by atoms with Gasteiger partial charge >= 0.3 is 0 Å². The maximum Gasteiger partial charge on any atom is 0.227 e. The fraction of sp³-hybridized carbons (Fsp3) is 0.316. The predicted octanol–water partition coefficient (Wildman–Crippen LogP) is 1.93. The van der Waals surface area contributed by atoms with Crippen LogP contribution in [0.3, 0.4) is 0 Å². The molecule has 0 saturated carbocycles. The minimum absolute atomic E-state index is 0.406. The highest BCUT2D eigenvalue weighted by Gasteiger charge is 2.34. The predicted molar refractivity (Wildman–Crippen MR) is 113 cm³/mol. The molecule has 9 heteroatoms. The number of fused-ring (bicyclic) bond motifs is 1. The van der Waals surface area contributed by atoms with E-state index in [4.69, 9.17) is 20.4 Å². The molecule has 1 N–H and O–H groups in total. The zero-order valence-electron chi connectivity index (χ0n) is 15.5. The average Bonchev–Trinajstić information content (AvgIpc) is 3.14. The minimum Gasteiger partial charge on any atom is -0.379 e. The van der Waals surface area contributed by atoms with E-state index in [-0.39, 0.29) is 0 Å². The maximum atomic E-state index is 12.7. The Morgan fingerprint density at radius 1 is 1.18 bits per heavy atom. The molecule has 0 atom stereocenters. The molecular formula is C19H18B2N4O2S. The second kappa shape index (κ2) is 7.66. The summed E-state index contributed by atoms with van der Waals surface area (Å²) in [5.74, 6) is -0.0980. The first-order valence-electron chi connectivity index (χ1n) is 8.98. The van der Waals surface area contributed by atoms with Crippen LogP contribution in [0, 0.1) is 6.92 Å². The standard InChI is InChI=1S/C19H18B2N4O2S/c1-12-22-11-16(28-12)13-2-3-14-10-23-17(9-15(14)8-13)24-18(26)19(20,21)25-4-6-27-7-5-25/h2-3,8-11H,4-7H2,1H3,(H,23,24,26). The van der Waals surface area contributed by atoms with Gasteiger partial charge in [0.15, 0.2) is 0 Å². The van der Waals surface area contributed by atoms with E-state index in [1.165, 1.54) is 0 Å². The Hall–Kier alpha value is -2.22. The number of hydrogen-bond donors (Lipinski definition) is 1. The quantitative estimate of drug-likeness (QED) is 0.693. The van der Waals surface area contributed by atoms with Gasteiger partial charge in [0, 0.05) is 36.2 Å². The number of aromatic nitrogens is 2. The Kier molecular flexibility index (Phi) is 5.23. The smallest absolute Gasteiger partial charge is 0.227 e. The number of nitrogens with one attached hydrogen (secondary N) is 1. The zero-order chi connectivity index (χ0) is 19.7. The molecule has 6 nitrogen and oxygen atoms in total. The Morgan fingerprint density at radius 2 is 1.96 bits per heavy atom. The molecule has 1 aliphatic rings. The van der Waals surface area contributed by atoms with Gasteiger partial charge in [-0.05, 0) is 30.0 Å². The number of morpholine rings is 1. The number of pyridine rings is 1. The van der Waals surface area contributed by atoms with E-state index in [0.29, 0.717) is 32.1 Å². The van der Waals surface area contributed by atoms with Crippen LogP contribution in [0.4, 0.5) is 5.82 Å². The molecule has 138 valence electrons. The number of hydrogen-bond acceptors (Lipinski definition) is 6. The molecule has 4 radical (unpaired) electrons. The van der Waals surface area contributed by atoms with E-state index >= 15 is 0 Å². The SMILES string of the molecule is [B]C([B])(C(=O)Nc1cc2cc(-c3cnc(C)s3)ccc2cn1)N1CCOCC1. The van der Waals surface area contributed by atoms with Gasteiger partial charge in [0.1, 0.15) is 5.82 Å². The monoisotopic (exact) mass is 388 g/mol. The number of carbonyl (C=O) groups excluding carboxylic acids is 1. The van der Waals surface area contributed by atoms with E-state index in [2.05, 4.69) is 21.4 Å². The summed E-state index contributed by atoms with van der Waals surface area (Å²) in [6.07, 6.45) is 3.58. The highest BCUT2D eigenvalue weighted by atomic mass is 32.1. The fourth-order valence-corrected chi connectivity index (χ4v) is 3.92.